The van der Waals surface area contributed by atoms with Gasteiger partial charge in [-0.15, -0.1) is 21.5 Å². The summed E-state index contributed by atoms with van der Waals surface area (Å²) in [5.74, 6) is -0.663. The Morgan fingerprint density at radius 3 is 2.53 bits per heavy atom. The second-order valence-electron chi connectivity index (χ2n) is 7.82. The number of nitrogens with one attached hydrogen (secondary N) is 2. The van der Waals surface area contributed by atoms with E-state index in [1.54, 1.807) is 13.0 Å². The summed E-state index contributed by atoms with van der Waals surface area (Å²) < 4.78 is 0. The van der Waals surface area contributed by atoms with Crippen molar-refractivity contribution in [3.05, 3.63) is 49.9 Å². The third-order valence-corrected chi connectivity index (χ3v) is 6.13. The molecule has 1 unspecified atom stereocenters. The first kappa shape index (κ1) is 23.8. The zero-order chi connectivity index (χ0) is 23.6. The average Bonchev–Trinajstić information content (AvgIpc) is 3.21. The topological polar surface area (TPSA) is 149 Å². The van der Waals surface area contributed by atoms with Crippen molar-refractivity contribution in [3.8, 4) is 0 Å². The Labute approximate surface area is 198 Å². The molecule has 2 amide bonds. The van der Waals surface area contributed by atoms with E-state index in [1.807, 2.05) is 20.8 Å². The molecule has 3 rings (SSSR count). The molecule has 0 saturated heterocycles. The number of hydrogen-bond acceptors (Lipinski definition) is 9. The minimum atomic E-state index is -0.538. The smallest absolute Gasteiger partial charge is 0.272 e. The molecule has 3 aromatic rings. The molecule has 0 aromatic carbocycles. The van der Waals surface area contributed by atoms with Gasteiger partial charge in [-0.1, -0.05) is 44.0 Å². The molecule has 0 bridgehead atoms. The van der Waals surface area contributed by atoms with Crippen LogP contribution in [-0.2, 0) is 5.41 Å². The molecule has 4 N–H and O–H groups in total. The lowest BCUT2D eigenvalue weighted by Crippen LogP contribution is -2.28. The van der Waals surface area contributed by atoms with E-state index in [1.165, 1.54) is 6.20 Å². The van der Waals surface area contributed by atoms with Crippen molar-refractivity contribution in [2.75, 3.05) is 11.1 Å². The number of thiazole rings is 1. The SMILES string of the molecule is CC(NC(=O)c1ncnc(N)c1Cl)c1ncc(C(=O)Nc2cc(C(C)(C)C)c(Cl)nn2)s1. The van der Waals surface area contributed by atoms with Gasteiger partial charge >= 0.3 is 0 Å². The number of amides is 2. The van der Waals surface area contributed by atoms with Crippen molar-refractivity contribution >= 4 is 58.0 Å². The number of carbonyl (C=O) groups is 2. The zero-order valence-electron chi connectivity index (χ0n) is 17.6. The summed E-state index contributed by atoms with van der Waals surface area (Å²) in [5.41, 5.74) is 6.05. The highest BCUT2D eigenvalue weighted by Crippen LogP contribution is 2.29. The Hall–Kier alpha value is -2.89. The summed E-state index contributed by atoms with van der Waals surface area (Å²) in [6.45, 7) is 7.66. The molecule has 3 heterocycles. The van der Waals surface area contributed by atoms with Crippen LogP contribution in [-0.4, -0.2) is 37.0 Å². The quantitative estimate of drug-likeness (QED) is 0.486. The first-order chi connectivity index (χ1) is 15.0. The van der Waals surface area contributed by atoms with Crippen molar-refractivity contribution in [3.63, 3.8) is 0 Å². The van der Waals surface area contributed by atoms with E-state index < -0.39 is 17.9 Å². The van der Waals surface area contributed by atoms with Crippen molar-refractivity contribution in [2.24, 2.45) is 0 Å². The van der Waals surface area contributed by atoms with Crippen LogP contribution in [0.2, 0.25) is 10.2 Å². The van der Waals surface area contributed by atoms with E-state index >= 15 is 0 Å². The predicted molar refractivity (Wildman–Crippen MR) is 123 cm³/mol. The van der Waals surface area contributed by atoms with Crippen molar-refractivity contribution in [2.45, 2.75) is 39.2 Å². The van der Waals surface area contributed by atoms with Crippen LogP contribution in [0.5, 0.6) is 0 Å². The van der Waals surface area contributed by atoms with Crippen LogP contribution in [0.15, 0.2) is 18.6 Å². The largest absolute Gasteiger partial charge is 0.382 e. The molecular formula is C19H20Cl2N8O2S. The van der Waals surface area contributed by atoms with Crippen molar-refractivity contribution in [1.82, 2.24) is 30.5 Å². The van der Waals surface area contributed by atoms with E-state index in [-0.39, 0.29) is 32.9 Å². The Kier molecular flexibility index (Phi) is 6.91. The van der Waals surface area contributed by atoms with Gasteiger partial charge in [-0.2, -0.15) is 0 Å². The van der Waals surface area contributed by atoms with Crippen LogP contribution in [0.3, 0.4) is 0 Å². The van der Waals surface area contributed by atoms with Gasteiger partial charge in [0.2, 0.25) is 0 Å². The molecule has 0 saturated carbocycles. The van der Waals surface area contributed by atoms with Gasteiger partial charge in [0, 0.05) is 5.56 Å². The maximum absolute atomic E-state index is 12.6. The molecule has 0 aliphatic heterocycles. The fourth-order valence-corrected chi connectivity index (χ4v) is 3.98. The van der Waals surface area contributed by atoms with Gasteiger partial charge in [-0.25, -0.2) is 15.0 Å². The molecule has 168 valence electrons. The van der Waals surface area contributed by atoms with Crippen LogP contribution in [0.1, 0.15) is 64.5 Å². The number of nitrogens with zero attached hydrogens (tertiary/aromatic N) is 5. The molecule has 13 heteroatoms. The average molecular weight is 495 g/mol. The fourth-order valence-electron chi connectivity index (χ4n) is 2.60. The third-order valence-electron chi connectivity index (χ3n) is 4.30. The Balaban J connectivity index is 1.70. The molecule has 3 aromatic heterocycles. The van der Waals surface area contributed by atoms with Crippen molar-refractivity contribution < 1.29 is 9.59 Å². The maximum Gasteiger partial charge on any atom is 0.272 e. The highest BCUT2D eigenvalue weighted by Gasteiger charge is 2.22. The van der Waals surface area contributed by atoms with Gasteiger partial charge < -0.3 is 16.4 Å². The van der Waals surface area contributed by atoms with Crippen LogP contribution in [0, 0.1) is 0 Å². The summed E-state index contributed by atoms with van der Waals surface area (Å²) >= 11 is 13.2. The number of halogens is 2. The molecule has 0 aliphatic carbocycles. The number of nitrogens with two attached hydrogens (primary N) is 1. The highest BCUT2D eigenvalue weighted by atomic mass is 35.5. The molecule has 10 nitrogen and oxygen atoms in total. The fraction of sp³-hybridized carbons (Fsp3) is 0.316. The van der Waals surface area contributed by atoms with E-state index in [0.717, 1.165) is 23.2 Å². The van der Waals surface area contributed by atoms with Gasteiger partial charge in [0.15, 0.2) is 16.7 Å². The number of nitrogen functional groups attached to an aromatic ring is 1. The van der Waals surface area contributed by atoms with E-state index in [0.29, 0.717) is 9.88 Å². The minimum Gasteiger partial charge on any atom is -0.382 e. The second-order valence-corrected chi connectivity index (χ2v) is 9.62. The third kappa shape index (κ3) is 5.29. The molecule has 0 fully saturated rings. The second kappa shape index (κ2) is 9.31. The van der Waals surface area contributed by atoms with E-state index in [9.17, 15) is 9.59 Å². The normalized spacial score (nSPS) is 12.3. The molecule has 0 radical (unpaired) electrons. The summed E-state index contributed by atoms with van der Waals surface area (Å²) in [6, 6.07) is 1.18. The summed E-state index contributed by atoms with van der Waals surface area (Å²) in [4.78, 5) is 37.2. The molecule has 32 heavy (non-hydrogen) atoms. The van der Waals surface area contributed by atoms with E-state index in [4.69, 9.17) is 28.9 Å². The lowest BCUT2D eigenvalue weighted by atomic mass is 9.88. The van der Waals surface area contributed by atoms with Gasteiger partial charge in [0.1, 0.15) is 27.1 Å². The highest BCUT2D eigenvalue weighted by molar-refractivity contribution is 7.13. The Morgan fingerprint density at radius 2 is 1.84 bits per heavy atom. The lowest BCUT2D eigenvalue weighted by Gasteiger charge is -2.20. The number of aromatic nitrogens is 5. The summed E-state index contributed by atoms with van der Waals surface area (Å²) in [7, 11) is 0. The zero-order valence-corrected chi connectivity index (χ0v) is 19.9. The van der Waals surface area contributed by atoms with Gasteiger partial charge in [-0.3, -0.25) is 9.59 Å². The van der Waals surface area contributed by atoms with Crippen LogP contribution >= 0.6 is 34.5 Å². The van der Waals surface area contributed by atoms with E-state index in [2.05, 4.69) is 35.8 Å². The molecular weight excluding hydrogens is 475 g/mol. The van der Waals surface area contributed by atoms with Gasteiger partial charge in [0.25, 0.3) is 11.8 Å². The lowest BCUT2D eigenvalue weighted by molar-refractivity contribution is 0.0934. The predicted octanol–water partition coefficient (Wildman–Crippen LogP) is 3.65. The monoisotopic (exact) mass is 494 g/mol. The van der Waals surface area contributed by atoms with Gasteiger partial charge in [-0.05, 0) is 18.4 Å². The number of rotatable bonds is 5. The number of anilines is 2. The molecule has 1 atom stereocenters. The maximum atomic E-state index is 12.6. The first-order valence-corrected chi connectivity index (χ1v) is 10.9. The number of carbonyl (C=O) groups excluding carboxylic acids is 2. The van der Waals surface area contributed by atoms with Crippen LogP contribution in [0.25, 0.3) is 0 Å². The Bertz CT molecular complexity index is 1180. The minimum absolute atomic E-state index is 0.00703. The van der Waals surface area contributed by atoms with Gasteiger partial charge in [0.05, 0.1) is 12.2 Å². The van der Waals surface area contributed by atoms with Crippen LogP contribution < -0.4 is 16.4 Å². The standard InChI is InChI=1S/C19H20Cl2N8O2S/c1-8(26-17(31)13-12(20)15(22)25-7-24-13)18-23-6-10(32-18)16(30)27-11-5-9(19(2,3)4)14(21)29-28-11/h5-8H,1-4H3,(H,26,31)(H2,22,24,25)(H,27,28,30). The summed E-state index contributed by atoms with van der Waals surface area (Å²) in [6.07, 6.45) is 2.57. The number of hydrogen-bond donors (Lipinski definition) is 3. The van der Waals surface area contributed by atoms with Crippen molar-refractivity contribution in [1.29, 1.82) is 0 Å². The Morgan fingerprint density at radius 1 is 1.12 bits per heavy atom. The first-order valence-electron chi connectivity index (χ1n) is 9.35. The molecule has 0 spiro atoms. The summed E-state index contributed by atoms with van der Waals surface area (Å²) in [5, 5.41) is 14.0. The van der Waals surface area contributed by atoms with Crippen LogP contribution in [0.4, 0.5) is 11.6 Å². The molecule has 0 aliphatic rings.